The molecule has 1 aromatic carbocycles. The molecule has 0 aliphatic carbocycles. The average Bonchev–Trinajstić information content (AvgIpc) is 2.54. The van der Waals surface area contributed by atoms with Gasteiger partial charge in [0, 0.05) is 25.4 Å². The first-order valence-electron chi connectivity index (χ1n) is 7.14. The van der Waals surface area contributed by atoms with E-state index in [1.165, 1.54) is 0 Å². The summed E-state index contributed by atoms with van der Waals surface area (Å²) in [6.45, 7) is 2.72. The highest BCUT2D eigenvalue weighted by Gasteiger charge is 2.09. The maximum absolute atomic E-state index is 12.0. The Morgan fingerprint density at radius 1 is 1.18 bits per heavy atom. The molecule has 2 aromatic rings. The Morgan fingerprint density at radius 3 is 2.59 bits per heavy atom. The number of nitrogens with one attached hydrogen (secondary N) is 2. The number of carbonyl (C=O) groups is 1. The number of rotatable bonds is 7. The molecule has 0 saturated carbocycles. The van der Waals surface area contributed by atoms with Crippen molar-refractivity contribution in [2.24, 2.45) is 0 Å². The highest BCUT2D eigenvalue weighted by atomic mass is 16.5. The molecular formula is C16H20N4O2. The predicted octanol–water partition coefficient (Wildman–Crippen LogP) is 2.57. The number of hydrogen-bond acceptors (Lipinski definition) is 5. The van der Waals surface area contributed by atoms with E-state index < -0.39 is 0 Å². The van der Waals surface area contributed by atoms with Gasteiger partial charge in [-0.05, 0) is 37.6 Å². The normalized spacial score (nSPS) is 11.7. The lowest BCUT2D eigenvalue weighted by molar-refractivity contribution is 0.102. The molecule has 6 nitrogen and oxygen atoms in total. The molecule has 0 fully saturated rings. The van der Waals surface area contributed by atoms with Crippen molar-refractivity contribution in [3.63, 3.8) is 0 Å². The lowest BCUT2D eigenvalue weighted by atomic mass is 10.2. The van der Waals surface area contributed by atoms with Crippen LogP contribution in [0.3, 0.4) is 0 Å². The highest BCUT2D eigenvalue weighted by Crippen LogP contribution is 2.09. The Kier molecular flexibility index (Phi) is 5.85. The third-order valence-corrected chi connectivity index (χ3v) is 3.08. The van der Waals surface area contributed by atoms with Crippen LogP contribution in [-0.4, -0.2) is 35.9 Å². The van der Waals surface area contributed by atoms with Crippen molar-refractivity contribution in [2.45, 2.75) is 19.4 Å². The molecule has 1 aromatic heterocycles. The van der Waals surface area contributed by atoms with Crippen molar-refractivity contribution < 1.29 is 9.53 Å². The zero-order chi connectivity index (χ0) is 15.8. The van der Waals surface area contributed by atoms with Crippen LogP contribution < -0.4 is 10.6 Å². The van der Waals surface area contributed by atoms with Crippen molar-refractivity contribution in [1.29, 1.82) is 0 Å². The van der Waals surface area contributed by atoms with Gasteiger partial charge in [0.15, 0.2) is 5.69 Å². The maximum atomic E-state index is 12.0. The van der Waals surface area contributed by atoms with E-state index >= 15 is 0 Å². The number of para-hydroxylation sites is 1. The standard InChI is InChI=1S/C16H20N4O2/c1-12(10-11-22-2)17-15-9-8-14(19-20-15)16(21)18-13-6-4-3-5-7-13/h3-9,12H,10-11H2,1-2H3,(H,17,20)(H,18,21)/t12-/m0/s1. The first-order chi connectivity index (χ1) is 10.7. The van der Waals surface area contributed by atoms with E-state index in [4.69, 9.17) is 4.74 Å². The Balaban J connectivity index is 1.92. The minimum absolute atomic E-state index is 0.221. The number of anilines is 2. The van der Waals surface area contributed by atoms with Gasteiger partial charge in [-0.3, -0.25) is 4.79 Å². The molecule has 6 heteroatoms. The van der Waals surface area contributed by atoms with Gasteiger partial charge in [-0.1, -0.05) is 18.2 Å². The third-order valence-electron chi connectivity index (χ3n) is 3.08. The first-order valence-corrected chi connectivity index (χ1v) is 7.14. The van der Waals surface area contributed by atoms with Crippen molar-refractivity contribution >= 4 is 17.4 Å². The average molecular weight is 300 g/mol. The van der Waals surface area contributed by atoms with Gasteiger partial charge < -0.3 is 15.4 Å². The number of benzene rings is 1. The number of aromatic nitrogens is 2. The Hall–Kier alpha value is -2.47. The zero-order valence-electron chi connectivity index (χ0n) is 12.7. The molecule has 0 aliphatic heterocycles. The summed E-state index contributed by atoms with van der Waals surface area (Å²) in [5.41, 5.74) is 1.00. The second-order valence-electron chi connectivity index (χ2n) is 4.95. The van der Waals surface area contributed by atoms with Gasteiger partial charge in [-0.25, -0.2) is 0 Å². The van der Waals surface area contributed by atoms with Crippen LogP contribution in [-0.2, 0) is 4.74 Å². The smallest absolute Gasteiger partial charge is 0.276 e. The minimum Gasteiger partial charge on any atom is -0.385 e. The van der Waals surface area contributed by atoms with E-state index in [2.05, 4.69) is 20.8 Å². The summed E-state index contributed by atoms with van der Waals surface area (Å²) in [6, 6.07) is 12.9. The number of nitrogens with zero attached hydrogens (tertiary/aromatic N) is 2. The van der Waals surface area contributed by atoms with Gasteiger partial charge in [0.1, 0.15) is 5.82 Å². The van der Waals surface area contributed by atoms with Crippen molar-refractivity contribution in [2.75, 3.05) is 24.4 Å². The van der Waals surface area contributed by atoms with E-state index in [0.717, 1.165) is 12.1 Å². The molecule has 1 amide bonds. The van der Waals surface area contributed by atoms with E-state index in [9.17, 15) is 4.79 Å². The minimum atomic E-state index is -0.280. The number of ether oxygens (including phenoxy) is 1. The molecule has 0 bridgehead atoms. The molecule has 1 heterocycles. The van der Waals surface area contributed by atoms with Gasteiger partial charge >= 0.3 is 0 Å². The fourth-order valence-electron chi connectivity index (χ4n) is 1.87. The summed E-state index contributed by atoms with van der Waals surface area (Å²) in [5.74, 6) is 0.359. The van der Waals surface area contributed by atoms with Crippen molar-refractivity contribution in [3.05, 3.63) is 48.2 Å². The summed E-state index contributed by atoms with van der Waals surface area (Å²) >= 11 is 0. The van der Waals surface area contributed by atoms with Crippen LogP contribution >= 0.6 is 0 Å². The first kappa shape index (κ1) is 15.9. The Labute approximate surface area is 129 Å². The number of methoxy groups -OCH3 is 1. The fraction of sp³-hybridized carbons (Fsp3) is 0.312. The van der Waals surface area contributed by atoms with Crippen molar-refractivity contribution in [1.82, 2.24) is 10.2 Å². The molecular weight excluding hydrogens is 280 g/mol. The Bertz CT molecular complexity index is 587. The van der Waals surface area contributed by atoms with Crippen LogP contribution in [0.15, 0.2) is 42.5 Å². The highest BCUT2D eigenvalue weighted by molar-refractivity contribution is 6.02. The van der Waals surface area contributed by atoms with Gasteiger partial charge in [-0.2, -0.15) is 0 Å². The van der Waals surface area contributed by atoms with Crippen molar-refractivity contribution in [3.8, 4) is 0 Å². The van der Waals surface area contributed by atoms with Gasteiger partial charge in [0.2, 0.25) is 0 Å². The summed E-state index contributed by atoms with van der Waals surface area (Å²) in [4.78, 5) is 12.0. The molecule has 2 rings (SSSR count). The van der Waals surface area contributed by atoms with Gasteiger partial charge in [0.05, 0.1) is 0 Å². The van der Waals surface area contributed by atoms with Crippen LogP contribution in [0.4, 0.5) is 11.5 Å². The van der Waals surface area contributed by atoms with Crippen LogP contribution in [0, 0.1) is 0 Å². The molecule has 0 radical (unpaired) electrons. The summed E-state index contributed by atoms with van der Waals surface area (Å²) in [6.07, 6.45) is 0.869. The maximum Gasteiger partial charge on any atom is 0.276 e. The monoisotopic (exact) mass is 300 g/mol. The van der Waals surface area contributed by atoms with Crippen LogP contribution in [0.25, 0.3) is 0 Å². The van der Waals surface area contributed by atoms with Crippen LogP contribution in [0.5, 0.6) is 0 Å². The third kappa shape index (κ3) is 4.82. The fourth-order valence-corrected chi connectivity index (χ4v) is 1.87. The number of hydrogen-bond donors (Lipinski definition) is 2. The molecule has 1 atom stereocenters. The molecule has 116 valence electrons. The molecule has 0 aliphatic rings. The lowest BCUT2D eigenvalue weighted by Crippen LogP contribution is -2.19. The predicted molar refractivity (Wildman–Crippen MR) is 86.0 cm³/mol. The largest absolute Gasteiger partial charge is 0.385 e. The SMILES string of the molecule is COCC[C@H](C)Nc1ccc(C(=O)Nc2ccccc2)nn1. The van der Waals surface area contributed by atoms with Gasteiger partial charge in [-0.15, -0.1) is 10.2 Å². The van der Waals surface area contributed by atoms with Crippen LogP contribution in [0.2, 0.25) is 0 Å². The molecule has 0 spiro atoms. The van der Waals surface area contributed by atoms with Gasteiger partial charge in [0.25, 0.3) is 5.91 Å². The number of carbonyl (C=O) groups excluding carboxylic acids is 1. The lowest BCUT2D eigenvalue weighted by Gasteiger charge is -2.13. The topological polar surface area (TPSA) is 76.1 Å². The molecule has 22 heavy (non-hydrogen) atoms. The summed E-state index contributed by atoms with van der Waals surface area (Å²) in [5, 5.41) is 14.0. The zero-order valence-corrected chi connectivity index (χ0v) is 12.7. The van der Waals surface area contributed by atoms with E-state index in [-0.39, 0.29) is 17.6 Å². The van der Waals surface area contributed by atoms with E-state index in [0.29, 0.717) is 12.4 Å². The summed E-state index contributed by atoms with van der Waals surface area (Å²) in [7, 11) is 1.67. The van der Waals surface area contributed by atoms with Crippen LogP contribution in [0.1, 0.15) is 23.8 Å². The Morgan fingerprint density at radius 2 is 1.95 bits per heavy atom. The molecule has 0 unspecified atom stereocenters. The number of amides is 1. The van der Waals surface area contributed by atoms with E-state index in [1.54, 1.807) is 19.2 Å². The van der Waals surface area contributed by atoms with E-state index in [1.807, 2.05) is 37.3 Å². The summed E-state index contributed by atoms with van der Waals surface area (Å²) < 4.78 is 5.03. The second-order valence-corrected chi connectivity index (χ2v) is 4.95. The second kappa shape index (κ2) is 8.09. The quantitative estimate of drug-likeness (QED) is 0.822. The molecule has 0 saturated heterocycles. The molecule has 2 N–H and O–H groups in total.